The summed E-state index contributed by atoms with van der Waals surface area (Å²) in [5, 5.41) is 14.6. The highest BCUT2D eigenvalue weighted by Crippen LogP contribution is 2.36. The lowest BCUT2D eigenvalue weighted by Crippen LogP contribution is -2.32. The zero-order valence-corrected chi connectivity index (χ0v) is 18.8. The zero-order valence-electron chi connectivity index (χ0n) is 18.0. The van der Waals surface area contributed by atoms with E-state index in [0.717, 1.165) is 37.4 Å². The molecule has 0 unspecified atom stereocenters. The van der Waals surface area contributed by atoms with Gasteiger partial charge in [0.25, 0.3) is 5.91 Å². The van der Waals surface area contributed by atoms with Crippen LogP contribution in [-0.4, -0.2) is 36.1 Å². The van der Waals surface area contributed by atoms with Crippen molar-refractivity contribution >= 4 is 34.2 Å². The quantitative estimate of drug-likeness (QED) is 0.538. The third-order valence-corrected chi connectivity index (χ3v) is 6.31. The molecule has 1 aromatic heterocycles. The number of phenols is 1. The molecule has 4 rings (SSSR count). The molecule has 0 atom stereocenters. The van der Waals surface area contributed by atoms with Crippen molar-refractivity contribution in [2.45, 2.75) is 33.2 Å². The molecule has 1 fully saturated rings. The highest BCUT2D eigenvalue weighted by Gasteiger charge is 2.25. The van der Waals surface area contributed by atoms with Gasteiger partial charge in [-0.2, -0.15) is 0 Å². The summed E-state index contributed by atoms with van der Waals surface area (Å²) >= 11 is 6.20. The maximum absolute atomic E-state index is 13.2. The fourth-order valence-electron chi connectivity index (χ4n) is 4.18. The van der Waals surface area contributed by atoms with Crippen LogP contribution >= 0.6 is 11.6 Å². The van der Waals surface area contributed by atoms with Crippen LogP contribution in [0.15, 0.2) is 34.7 Å². The van der Waals surface area contributed by atoms with Gasteiger partial charge in [0.1, 0.15) is 22.8 Å². The first-order valence-corrected chi connectivity index (χ1v) is 10.9. The number of phenolic OH excluding ortho intramolecular Hbond substituents is 1. The molecule has 164 valence electrons. The van der Waals surface area contributed by atoms with E-state index in [1.54, 1.807) is 37.3 Å². The summed E-state index contributed by atoms with van der Waals surface area (Å²) in [6, 6.07) is 8.42. The molecule has 0 aliphatic carbocycles. The number of aryl methyl sites for hydroxylation is 1. The molecule has 3 aromatic rings. The number of hydrogen-bond donors (Lipinski definition) is 2. The molecule has 0 radical (unpaired) electrons. The summed E-state index contributed by atoms with van der Waals surface area (Å²) < 4.78 is 11.1. The van der Waals surface area contributed by atoms with Gasteiger partial charge in [0, 0.05) is 23.2 Å². The van der Waals surface area contributed by atoms with Crippen molar-refractivity contribution in [1.82, 2.24) is 4.90 Å². The van der Waals surface area contributed by atoms with Gasteiger partial charge < -0.3 is 19.6 Å². The van der Waals surface area contributed by atoms with Gasteiger partial charge in [-0.05, 0) is 69.1 Å². The van der Waals surface area contributed by atoms with Gasteiger partial charge >= 0.3 is 0 Å². The Hall–Kier alpha value is -2.70. The topological polar surface area (TPSA) is 74.9 Å². The van der Waals surface area contributed by atoms with Crippen LogP contribution < -0.4 is 10.1 Å². The molecule has 6 nitrogen and oxygen atoms in total. The number of hydrogen-bond acceptors (Lipinski definition) is 5. The van der Waals surface area contributed by atoms with E-state index in [1.165, 1.54) is 7.11 Å². The fraction of sp³-hybridized carbons (Fsp3) is 0.375. The number of furan rings is 1. The number of benzene rings is 2. The van der Waals surface area contributed by atoms with Crippen LogP contribution in [0.2, 0.25) is 5.02 Å². The second-order valence-electron chi connectivity index (χ2n) is 8.23. The Morgan fingerprint density at radius 1 is 1.29 bits per heavy atom. The summed E-state index contributed by atoms with van der Waals surface area (Å²) in [4.78, 5) is 15.6. The lowest BCUT2D eigenvalue weighted by atomic mass is 9.97. The number of fused-ring (bicyclic) bond motifs is 1. The highest BCUT2D eigenvalue weighted by molar-refractivity contribution is 6.32. The lowest BCUT2D eigenvalue weighted by Gasteiger charge is -2.30. The number of methoxy groups -OCH3 is 1. The van der Waals surface area contributed by atoms with Crippen molar-refractivity contribution in [3.8, 4) is 11.5 Å². The number of ether oxygens (including phenoxy) is 1. The van der Waals surface area contributed by atoms with Gasteiger partial charge in [0.05, 0.1) is 17.7 Å². The Morgan fingerprint density at radius 3 is 2.71 bits per heavy atom. The fourth-order valence-corrected chi connectivity index (χ4v) is 4.44. The lowest BCUT2D eigenvalue weighted by molar-refractivity contribution is 0.102. The van der Waals surface area contributed by atoms with Crippen molar-refractivity contribution in [3.63, 3.8) is 0 Å². The number of carbonyl (C=O) groups is 1. The largest absolute Gasteiger partial charge is 0.508 e. The third-order valence-electron chi connectivity index (χ3n) is 6.01. The molecule has 0 bridgehead atoms. The molecular weight excluding hydrogens is 416 g/mol. The summed E-state index contributed by atoms with van der Waals surface area (Å²) in [5.41, 5.74) is 2.30. The van der Waals surface area contributed by atoms with Gasteiger partial charge in [0.2, 0.25) is 0 Å². The highest BCUT2D eigenvalue weighted by atomic mass is 35.5. The van der Waals surface area contributed by atoms with Gasteiger partial charge in [-0.15, -0.1) is 0 Å². The molecule has 1 aliphatic heterocycles. The van der Waals surface area contributed by atoms with E-state index in [1.807, 2.05) is 0 Å². The monoisotopic (exact) mass is 442 g/mol. The van der Waals surface area contributed by atoms with Crippen molar-refractivity contribution in [2.24, 2.45) is 5.92 Å². The van der Waals surface area contributed by atoms with Gasteiger partial charge in [-0.1, -0.05) is 18.5 Å². The molecule has 1 aliphatic rings. The number of piperidine rings is 1. The first-order chi connectivity index (χ1) is 14.9. The van der Waals surface area contributed by atoms with E-state index < -0.39 is 0 Å². The summed E-state index contributed by atoms with van der Waals surface area (Å²) in [5.74, 6) is 1.62. The molecule has 0 saturated carbocycles. The number of anilines is 1. The maximum atomic E-state index is 13.2. The molecule has 7 heteroatoms. The Labute approximate surface area is 186 Å². The number of likely N-dealkylation sites (tertiary alicyclic amines) is 1. The number of rotatable bonds is 5. The van der Waals surface area contributed by atoms with Crippen LogP contribution in [0.4, 0.5) is 5.69 Å². The Kier molecular flexibility index (Phi) is 6.12. The van der Waals surface area contributed by atoms with Crippen LogP contribution in [0.25, 0.3) is 11.0 Å². The van der Waals surface area contributed by atoms with Crippen LogP contribution in [0.5, 0.6) is 11.5 Å². The minimum absolute atomic E-state index is 0.175. The number of nitrogens with zero attached hydrogens (tertiary/aromatic N) is 1. The van der Waals surface area contributed by atoms with Gasteiger partial charge in [-0.3, -0.25) is 9.69 Å². The standard InChI is InChI=1S/C24H27ClN2O4/c1-14-8-10-27(11-9-14)13-17-19(28)5-7-21-23(17)22(15(2)31-21)24(29)26-16-4-6-20(30-3)18(25)12-16/h4-7,12,14,28H,8-11,13H2,1-3H3,(H,26,29). The van der Waals surface area contributed by atoms with E-state index >= 15 is 0 Å². The smallest absolute Gasteiger partial charge is 0.259 e. The normalized spacial score (nSPS) is 15.4. The van der Waals surface area contributed by atoms with E-state index in [9.17, 15) is 9.90 Å². The molecule has 31 heavy (non-hydrogen) atoms. The van der Waals surface area contributed by atoms with Crippen molar-refractivity contribution in [2.75, 3.05) is 25.5 Å². The number of halogens is 1. The van der Waals surface area contributed by atoms with E-state index in [4.69, 9.17) is 20.8 Å². The Morgan fingerprint density at radius 2 is 2.03 bits per heavy atom. The van der Waals surface area contributed by atoms with Crippen LogP contribution in [-0.2, 0) is 6.54 Å². The average molecular weight is 443 g/mol. The van der Waals surface area contributed by atoms with Crippen LogP contribution in [0, 0.1) is 12.8 Å². The van der Waals surface area contributed by atoms with Crippen LogP contribution in [0.3, 0.4) is 0 Å². The first kappa shape index (κ1) is 21.5. The summed E-state index contributed by atoms with van der Waals surface area (Å²) in [6.45, 7) is 6.55. The van der Waals surface area contributed by atoms with Crippen LogP contribution in [0.1, 0.15) is 41.4 Å². The van der Waals surface area contributed by atoms with Gasteiger partial charge in [-0.25, -0.2) is 0 Å². The molecule has 1 saturated heterocycles. The molecule has 0 spiro atoms. The molecule has 2 aromatic carbocycles. The molecule has 1 amide bonds. The predicted molar refractivity (Wildman–Crippen MR) is 122 cm³/mol. The first-order valence-electron chi connectivity index (χ1n) is 10.5. The maximum Gasteiger partial charge on any atom is 0.259 e. The van der Waals surface area contributed by atoms with Crippen molar-refractivity contribution in [1.29, 1.82) is 0 Å². The third kappa shape index (κ3) is 4.36. The molecular formula is C24H27ClN2O4. The Balaban J connectivity index is 1.68. The predicted octanol–water partition coefficient (Wildman–Crippen LogP) is 5.59. The van der Waals surface area contributed by atoms with Crippen molar-refractivity contribution in [3.05, 3.63) is 52.2 Å². The zero-order chi connectivity index (χ0) is 22.1. The Bertz CT molecular complexity index is 1120. The minimum atomic E-state index is -0.309. The summed E-state index contributed by atoms with van der Waals surface area (Å²) in [6.07, 6.45) is 2.26. The summed E-state index contributed by atoms with van der Waals surface area (Å²) in [7, 11) is 1.54. The number of nitrogens with one attached hydrogen (secondary N) is 1. The SMILES string of the molecule is COc1ccc(NC(=O)c2c(C)oc3ccc(O)c(CN4CCC(C)CC4)c23)cc1Cl. The van der Waals surface area contributed by atoms with Crippen molar-refractivity contribution < 1.29 is 19.1 Å². The second-order valence-corrected chi connectivity index (χ2v) is 8.64. The number of aromatic hydroxyl groups is 1. The number of carbonyl (C=O) groups excluding carboxylic acids is 1. The average Bonchev–Trinajstić information content (AvgIpc) is 3.08. The molecule has 2 heterocycles. The minimum Gasteiger partial charge on any atom is -0.508 e. The second kappa shape index (κ2) is 8.81. The van der Waals surface area contributed by atoms with E-state index in [0.29, 0.717) is 45.3 Å². The van der Waals surface area contributed by atoms with E-state index in [2.05, 4.69) is 17.1 Å². The van der Waals surface area contributed by atoms with E-state index in [-0.39, 0.29) is 11.7 Å². The van der Waals surface area contributed by atoms with Gasteiger partial charge in [0.15, 0.2) is 0 Å². The number of amides is 1. The molecule has 2 N–H and O–H groups in total.